The van der Waals surface area contributed by atoms with Crippen LogP contribution in [-0.4, -0.2) is 18.7 Å². The third-order valence-electron chi connectivity index (χ3n) is 3.56. The highest BCUT2D eigenvalue weighted by molar-refractivity contribution is 5.82. The predicted molar refractivity (Wildman–Crippen MR) is 94.8 cm³/mol. The van der Waals surface area contributed by atoms with Gasteiger partial charge in [0.05, 0.1) is 24.9 Å². The Hall–Kier alpha value is -2.81. The maximum atomic E-state index is 5.52. The Bertz CT molecular complexity index is 823. The molecule has 0 aliphatic rings. The molecule has 0 saturated heterocycles. The van der Waals surface area contributed by atoms with Crippen LogP contribution in [-0.2, 0) is 0 Å². The van der Waals surface area contributed by atoms with Gasteiger partial charge in [-0.1, -0.05) is 24.3 Å². The maximum absolute atomic E-state index is 5.52. The summed E-state index contributed by atoms with van der Waals surface area (Å²) in [6.45, 7) is 2.65. The van der Waals surface area contributed by atoms with E-state index in [1.54, 1.807) is 7.11 Å². The Morgan fingerprint density at radius 3 is 2.43 bits per heavy atom. The number of benzene rings is 2. The zero-order valence-electron chi connectivity index (χ0n) is 13.3. The molecule has 0 aliphatic heterocycles. The normalized spacial score (nSPS) is 11.0. The summed E-state index contributed by atoms with van der Waals surface area (Å²) in [5.74, 6) is 1.74. The first-order valence-electron chi connectivity index (χ1n) is 7.64. The summed E-state index contributed by atoms with van der Waals surface area (Å²) in [4.78, 5) is 4.66. The number of aromatic nitrogens is 1. The fourth-order valence-corrected chi connectivity index (χ4v) is 2.37. The van der Waals surface area contributed by atoms with Gasteiger partial charge in [0.15, 0.2) is 0 Å². The molecule has 0 saturated carbocycles. The Labute approximate surface area is 136 Å². The van der Waals surface area contributed by atoms with E-state index in [1.165, 1.54) is 0 Å². The Morgan fingerprint density at radius 1 is 0.913 bits per heavy atom. The molecule has 1 heterocycles. The number of ether oxygens (including phenoxy) is 2. The highest BCUT2D eigenvalue weighted by Gasteiger charge is 1.99. The predicted octanol–water partition coefficient (Wildman–Crippen LogP) is 4.81. The van der Waals surface area contributed by atoms with Crippen LogP contribution in [0.15, 0.2) is 54.6 Å². The summed E-state index contributed by atoms with van der Waals surface area (Å²) >= 11 is 0. The summed E-state index contributed by atoms with van der Waals surface area (Å²) < 4.78 is 10.7. The van der Waals surface area contributed by atoms with Crippen molar-refractivity contribution in [2.45, 2.75) is 6.92 Å². The van der Waals surface area contributed by atoms with Crippen LogP contribution in [0.3, 0.4) is 0 Å². The molecule has 0 fully saturated rings. The minimum Gasteiger partial charge on any atom is -0.497 e. The van der Waals surface area contributed by atoms with Gasteiger partial charge in [0.25, 0.3) is 0 Å². The Kier molecular flexibility index (Phi) is 4.57. The van der Waals surface area contributed by atoms with E-state index in [-0.39, 0.29) is 0 Å². The number of hydrogen-bond donors (Lipinski definition) is 0. The highest BCUT2D eigenvalue weighted by atomic mass is 16.5. The van der Waals surface area contributed by atoms with Crippen molar-refractivity contribution in [1.82, 2.24) is 4.98 Å². The molecule has 3 nitrogen and oxygen atoms in total. The van der Waals surface area contributed by atoms with Gasteiger partial charge < -0.3 is 9.47 Å². The van der Waals surface area contributed by atoms with Gasteiger partial charge in [-0.3, -0.25) is 0 Å². The molecule has 3 heteroatoms. The van der Waals surface area contributed by atoms with Gasteiger partial charge in [0, 0.05) is 5.39 Å². The third kappa shape index (κ3) is 3.69. The molecular formula is C20H19NO2. The van der Waals surface area contributed by atoms with Crippen molar-refractivity contribution in [1.29, 1.82) is 0 Å². The lowest BCUT2D eigenvalue weighted by Gasteiger charge is -2.05. The van der Waals surface area contributed by atoms with E-state index in [4.69, 9.17) is 9.47 Å². The molecule has 1 aromatic heterocycles. The van der Waals surface area contributed by atoms with Crippen LogP contribution < -0.4 is 9.47 Å². The van der Waals surface area contributed by atoms with Gasteiger partial charge in [-0.05, 0) is 55.0 Å². The standard InChI is InChI=1S/C20H19NO2/c1-3-23-19-12-13-20-16(14-19)7-9-17(21-20)8-4-15-5-10-18(22-2)11-6-15/h4-14H,3H2,1-2H3. The molecule has 3 rings (SSSR count). The fraction of sp³-hybridized carbons (Fsp3) is 0.150. The van der Waals surface area contributed by atoms with Gasteiger partial charge in [0.2, 0.25) is 0 Å². The summed E-state index contributed by atoms with van der Waals surface area (Å²) in [6, 6.07) is 18.0. The average Bonchev–Trinajstić information content (AvgIpc) is 2.60. The summed E-state index contributed by atoms with van der Waals surface area (Å²) in [6.07, 6.45) is 4.06. The van der Waals surface area contributed by atoms with Crippen LogP contribution in [0.4, 0.5) is 0 Å². The highest BCUT2D eigenvalue weighted by Crippen LogP contribution is 2.21. The van der Waals surface area contributed by atoms with Crippen LogP contribution in [0.5, 0.6) is 11.5 Å². The molecular weight excluding hydrogens is 286 g/mol. The average molecular weight is 305 g/mol. The quantitative estimate of drug-likeness (QED) is 0.677. The Morgan fingerprint density at radius 2 is 1.70 bits per heavy atom. The van der Waals surface area contributed by atoms with Crippen molar-refractivity contribution >= 4 is 23.1 Å². The first-order chi connectivity index (χ1) is 11.3. The molecule has 2 aromatic carbocycles. The molecule has 0 N–H and O–H groups in total. The molecule has 0 radical (unpaired) electrons. The molecule has 0 atom stereocenters. The lowest BCUT2D eigenvalue weighted by Crippen LogP contribution is -1.91. The first-order valence-corrected chi connectivity index (χ1v) is 7.64. The van der Waals surface area contributed by atoms with Crippen molar-refractivity contribution in [2.75, 3.05) is 13.7 Å². The van der Waals surface area contributed by atoms with Crippen LogP contribution >= 0.6 is 0 Å². The summed E-state index contributed by atoms with van der Waals surface area (Å²) in [5, 5.41) is 1.08. The molecule has 23 heavy (non-hydrogen) atoms. The maximum Gasteiger partial charge on any atom is 0.120 e. The monoisotopic (exact) mass is 305 g/mol. The minimum atomic E-state index is 0.668. The van der Waals surface area contributed by atoms with Crippen molar-refractivity contribution in [3.8, 4) is 11.5 Å². The van der Waals surface area contributed by atoms with Crippen LogP contribution in [0.2, 0.25) is 0 Å². The molecule has 0 unspecified atom stereocenters. The van der Waals surface area contributed by atoms with Gasteiger partial charge in [0.1, 0.15) is 11.5 Å². The molecule has 0 bridgehead atoms. The molecule has 0 amide bonds. The number of fused-ring (bicyclic) bond motifs is 1. The lowest BCUT2D eigenvalue weighted by molar-refractivity contribution is 0.340. The van der Waals surface area contributed by atoms with Crippen LogP contribution in [0.25, 0.3) is 23.1 Å². The second-order valence-electron chi connectivity index (χ2n) is 5.13. The number of pyridine rings is 1. The summed E-state index contributed by atoms with van der Waals surface area (Å²) in [5.41, 5.74) is 3.00. The SMILES string of the molecule is CCOc1ccc2nc(C=Cc3ccc(OC)cc3)ccc2c1. The molecule has 0 spiro atoms. The first kappa shape index (κ1) is 15.1. The van der Waals surface area contributed by atoms with Gasteiger partial charge >= 0.3 is 0 Å². The number of nitrogens with zero attached hydrogens (tertiary/aromatic N) is 1. The van der Waals surface area contributed by atoms with Gasteiger partial charge in [-0.2, -0.15) is 0 Å². The van der Waals surface area contributed by atoms with Crippen LogP contribution in [0.1, 0.15) is 18.2 Å². The number of hydrogen-bond acceptors (Lipinski definition) is 3. The second kappa shape index (κ2) is 6.97. The van der Waals surface area contributed by atoms with Crippen molar-refractivity contribution in [2.24, 2.45) is 0 Å². The van der Waals surface area contributed by atoms with E-state index in [0.717, 1.165) is 33.7 Å². The lowest BCUT2D eigenvalue weighted by atomic mass is 10.1. The van der Waals surface area contributed by atoms with E-state index >= 15 is 0 Å². The zero-order valence-corrected chi connectivity index (χ0v) is 13.3. The van der Waals surface area contributed by atoms with E-state index in [9.17, 15) is 0 Å². The molecule has 3 aromatic rings. The van der Waals surface area contributed by atoms with Gasteiger partial charge in [-0.25, -0.2) is 4.98 Å². The van der Waals surface area contributed by atoms with Crippen molar-refractivity contribution in [3.63, 3.8) is 0 Å². The molecule has 0 aliphatic carbocycles. The van der Waals surface area contributed by atoms with Crippen LogP contribution in [0, 0.1) is 0 Å². The fourth-order valence-electron chi connectivity index (χ4n) is 2.37. The van der Waals surface area contributed by atoms with E-state index < -0.39 is 0 Å². The molecule has 116 valence electrons. The second-order valence-corrected chi connectivity index (χ2v) is 5.13. The largest absolute Gasteiger partial charge is 0.497 e. The van der Waals surface area contributed by atoms with Crippen molar-refractivity contribution in [3.05, 3.63) is 65.9 Å². The zero-order chi connectivity index (χ0) is 16.1. The third-order valence-corrected chi connectivity index (χ3v) is 3.56. The number of methoxy groups -OCH3 is 1. The van der Waals surface area contributed by atoms with Crippen molar-refractivity contribution < 1.29 is 9.47 Å². The van der Waals surface area contributed by atoms with Gasteiger partial charge in [-0.15, -0.1) is 0 Å². The smallest absolute Gasteiger partial charge is 0.120 e. The number of rotatable bonds is 5. The topological polar surface area (TPSA) is 31.4 Å². The van der Waals surface area contributed by atoms with E-state index in [1.807, 2.05) is 67.6 Å². The van der Waals surface area contributed by atoms with E-state index in [0.29, 0.717) is 6.61 Å². The Balaban J connectivity index is 1.82. The summed E-state index contributed by atoms with van der Waals surface area (Å²) in [7, 11) is 1.67. The van der Waals surface area contributed by atoms with E-state index in [2.05, 4.69) is 11.1 Å². The minimum absolute atomic E-state index is 0.668.